The molecule has 1 heterocycles. The standard InChI is InChI=1S/C45H29Cl2NO3/c46-34-22-18-32(19-23-34)44-37(30-12-6-2-7-13-30)38(31-14-8-3-9-15-31)45(43(44)51,33-20-24-35(47)25-21-33)40-39(44)41(49)48(42(40)50)36-26-16-29(17-27-36)28-10-4-1-5-11-28/h1-27,39-40H/t39-,40-,44-,45-/m0/s1. The highest BCUT2D eigenvalue weighted by Gasteiger charge is 2.82. The summed E-state index contributed by atoms with van der Waals surface area (Å²) in [5.74, 6) is -3.08. The Bertz CT molecular complexity index is 2250. The lowest BCUT2D eigenvalue weighted by molar-refractivity contribution is -0.130. The van der Waals surface area contributed by atoms with Crippen molar-refractivity contribution in [3.05, 3.63) is 196 Å². The fourth-order valence-corrected chi connectivity index (χ4v) is 9.30. The first-order chi connectivity index (χ1) is 24.9. The molecule has 1 saturated carbocycles. The van der Waals surface area contributed by atoms with Crippen LogP contribution in [0.25, 0.3) is 22.3 Å². The summed E-state index contributed by atoms with van der Waals surface area (Å²) in [7, 11) is 0. The number of carbonyl (C=O) groups is 3. The summed E-state index contributed by atoms with van der Waals surface area (Å²) in [5.41, 5.74) is 3.70. The van der Waals surface area contributed by atoms with Gasteiger partial charge in [-0.15, -0.1) is 0 Å². The molecular weight excluding hydrogens is 673 g/mol. The third-order valence-electron chi connectivity index (χ3n) is 11.0. The number of anilines is 1. The number of ketones is 1. The summed E-state index contributed by atoms with van der Waals surface area (Å²) in [6, 6.07) is 51.3. The highest BCUT2D eigenvalue weighted by atomic mass is 35.5. The van der Waals surface area contributed by atoms with E-state index in [1.807, 2.05) is 140 Å². The quantitative estimate of drug-likeness (QED) is 0.163. The summed E-state index contributed by atoms with van der Waals surface area (Å²) in [6.07, 6.45) is 0. The van der Waals surface area contributed by atoms with Crippen LogP contribution in [0.3, 0.4) is 0 Å². The van der Waals surface area contributed by atoms with Crippen LogP contribution in [0, 0.1) is 11.8 Å². The lowest BCUT2D eigenvalue weighted by atomic mass is 9.59. The Labute approximate surface area is 305 Å². The molecule has 0 radical (unpaired) electrons. The maximum atomic E-state index is 16.1. The molecule has 6 heteroatoms. The molecule has 1 aliphatic heterocycles. The van der Waals surface area contributed by atoms with Crippen molar-refractivity contribution in [3.63, 3.8) is 0 Å². The molecule has 4 nitrogen and oxygen atoms in total. The minimum Gasteiger partial charge on any atom is -0.297 e. The van der Waals surface area contributed by atoms with Crippen molar-refractivity contribution in [1.82, 2.24) is 0 Å². The SMILES string of the molecule is O=C1[C@@H]2[C@@H](C(=O)N1c1ccc(-c3ccccc3)cc1)[C@@]1(c3ccc(Cl)cc3)C(=O)[C@@]2(c2ccc(Cl)cc2)C(c2ccccc2)=C1c1ccccc1. The van der Waals surface area contributed by atoms with Gasteiger partial charge in [-0.2, -0.15) is 0 Å². The zero-order chi connectivity index (χ0) is 34.9. The summed E-state index contributed by atoms with van der Waals surface area (Å²) < 4.78 is 0. The summed E-state index contributed by atoms with van der Waals surface area (Å²) >= 11 is 12.9. The third kappa shape index (κ3) is 4.30. The van der Waals surface area contributed by atoms with Gasteiger partial charge < -0.3 is 0 Å². The summed E-state index contributed by atoms with van der Waals surface area (Å²) in [5, 5.41) is 1.00. The molecule has 2 aliphatic carbocycles. The van der Waals surface area contributed by atoms with E-state index in [1.165, 1.54) is 4.90 Å². The van der Waals surface area contributed by atoms with Crippen LogP contribution in [-0.4, -0.2) is 17.6 Å². The number of amides is 2. The Balaban J connectivity index is 1.37. The zero-order valence-electron chi connectivity index (χ0n) is 27.2. The monoisotopic (exact) mass is 701 g/mol. The molecule has 51 heavy (non-hydrogen) atoms. The van der Waals surface area contributed by atoms with Crippen LogP contribution in [-0.2, 0) is 25.2 Å². The van der Waals surface area contributed by atoms with Gasteiger partial charge in [-0.25, -0.2) is 4.90 Å². The van der Waals surface area contributed by atoms with Gasteiger partial charge in [-0.1, -0.05) is 151 Å². The Kier molecular flexibility index (Phi) is 7.25. The largest absolute Gasteiger partial charge is 0.297 e. The fraction of sp³-hybridized carbons (Fsp3) is 0.0889. The molecule has 2 bridgehead atoms. The van der Waals surface area contributed by atoms with E-state index in [0.29, 0.717) is 26.9 Å². The van der Waals surface area contributed by atoms with Gasteiger partial charge in [0.25, 0.3) is 0 Å². The van der Waals surface area contributed by atoms with E-state index in [4.69, 9.17) is 23.2 Å². The van der Waals surface area contributed by atoms with Crippen LogP contribution in [0.15, 0.2) is 164 Å². The summed E-state index contributed by atoms with van der Waals surface area (Å²) in [6.45, 7) is 0. The zero-order valence-corrected chi connectivity index (χ0v) is 28.7. The van der Waals surface area contributed by atoms with E-state index in [-0.39, 0.29) is 5.78 Å². The second-order valence-corrected chi connectivity index (χ2v) is 14.2. The molecule has 3 aliphatic rings. The first-order valence-electron chi connectivity index (χ1n) is 16.8. The van der Waals surface area contributed by atoms with Gasteiger partial charge in [0.15, 0.2) is 5.78 Å². The van der Waals surface area contributed by atoms with Crippen molar-refractivity contribution in [1.29, 1.82) is 0 Å². The number of fused-ring (bicyclic) bond motifs is 5. The number of benzene rings is 6. The molecule has 6 aromatic carbocycles. The van der Waals surface area contributed by atoms with Crippen molar-refractivity contribution in [2.75, 3.05) is 4.90 Å². The smallest absolute Gasteiger partial charge is 0.239 e. The second kappa shape index (κ2) is 11.8. The molecule has 4 atom stereocenters. The molecule has 0 spiro atoms. The first kappa shape index (κ1) is 31.4. The number of imide groups is 1. The summed E-state index contributed by atoms with van der Waals surface area (Å²) in [4.78, 5) is 47.9. The van der Waals surface area contributed by atoms with Gasteiger partial charge in [0, 0.05) is 10.0 Å². The van der Waals surface area contributed by atoms with Gasteiger partial charge in [0.05, 0.1) is 28.4 Å². The highest BCUT2D eigenvalue weighted by Crippen LogP contribution is 2.74. The lowest BCUT2D eigenvalue weighted by Crippen LogP contribution is -2.45. The maximum absolute atomic E-state index is 16.1. The van der Waals surface area contributed by atoms with E-state index in [2.05, 4.69) is 0 Å². The number of nitrogens with zero attached hydrogens (tertiary/aromatic N) is 1. The van der Waals surface area contributed by atoms with Crippen LogP contribution in [0.1, 0.15) is 22.3 Å². The molecule has 0 unspecified atom stereocenters. The van der Waals surface area contributed by atoms with E-state index in [9.17, 15) is 0 Å². The number of hydrogen-bond acceptors (Lipinski definition) is 3. The molecule has 2 amide bonds. The van der Waals surface area contributed by atoms with Crippen molar-refractivity contribution in [2.45, 2.75) is 10.8 Å². The third-order valence-corrected chi connectivity index (χ3v) is 11.5. The molecule has 9 rings (SSSR count). The Morgan fingerprint density at radius 2 is 0.765 bits per heavy atom. The predicted molar refractivity (Wildman–Crippen MR) is 202 cm³/mol. The Morgan fingerprint density at radius 1 is 0.412 bits per heavy atom. The average Bonchev–Trinajstić information content (AvgIpc) is 3.68. The van der Waals surface area contributed by atoms with E-state index in [1.54, 1.807) is 24.3 Å². The lowest BCUT2D eigenvalue weighted by Gasteiger charge is -2.39. The molecule has 1 saturated heterocycles. The van der Waals surface area contributed by atoms with Crippen molar-refractivity contribution in [3.8, 4) is 11.1 Å². The van der Waals surface area contributed by atoms with Gasteiger partial charge >= 0.3 is 0 Å². The van der Waals surface area contributed by atoms with E-state index < -0.39 is 34.5 Å². The molecule has 246 valence electrons. The number of rotatable bonds is 6. The maximum Gasteiger partial charge on any atom is 0.239 e. The van der Waals surface area contributed by atoms with E-state index >= 15 is 14.4 Å². The topological polar surface area (TPSA) is 54.5 Å². The normalized spacial score (nSPS) is 23.6. The minimum absolute atomic E-state index is 0.201. The predicted octanol–water partition coefficient (Wildman–Crippen LogP) is 9.85. The van der Waals surface area contributed by atoms with Crippen LogP contribution in [0.2, 0.25) is 10.0 Å². The number of carbonyl (C=O) groups excluding carboxylic acids is 3. The van der Waals surface area contributed by atoms with Crippen LogP contribution in [0.4, 0.5) is 5.69 Å². The number of allylic oxidation sites excluding steroid dienone is 2. The van der Waals surface area contributed by atoms with Crippen molar-refractivity contribution < 1.29 is 14.4 Å². The van der Waals surface area contributed by atoms with Crippen LogP contribution >= 0.6 is 23.2 Å². The first-order valence-corrected chi connectivity index (χ1v) is 17.6. The van der Waals surface area contributed by atoms with Crippen LogP contribution < -0.4 is 4.90 Å². The van der Waals surface area contributed by atoms with Gasteiger partial charge in [-0.3, -0.25) is 14.4 Å². The molecule has 6 aromatic rings. The highest BCUT2D eigenvalue weighted by molar-refractivity contribution is 6.39. The number of halogens is 2. The van der Waals surface area contributed by atoms with E-state index in [0.717, 1.165) is 33.4 Å². The van der Waals surface area contributed by atoms with Crippen LogP contribution in [0.5, 0.6) is 0 Å². The number of Topliss-reactive ketones (excluding diaryl/α,β-unsaturated/α-hetero) is 1. The van der Waals surface area contributed by atoms with Gasteiger partial charge in [0.1, 0.15) is 0 Å². The minimum atomic E-state index is -1.52. The van der Waals surface area contributed by atoms with Gasteiger partial charge in [0.2, 0.25) is 11.8 Å². The molecular formula is C45H29Cl2NO3. The van der Waals surface area contributed by atoms with Gasteiger partial charge in [-0.05, 0) is 80.9 Å². The average molecular weight is 703 g/mol. The van der Waals surface area contributed by atoms with Crippen molar-refractivity contribution >= 4 is 57.6 Å². The molecule has 0 aromatic heterocycles. The second-order valence-electron chi connectivity index (χ2n) is 13.3. The number of hydrogen-bond donors (Lipinski definition) is 0. The Morgan fingerprint density at radius 3 is 1.16 bits per heavy atom. The fourth-order valence-electron chi connectivity index (χ4n) is 9.05. The van der Waals surface area contributed by atoms with Crippen molar-refractivity contribution in [2.24, 2.45) is 11.8 Å². The Hall–Kier alpha value is -5.55. The molecule has 0 N–H and O–H groups in total. The molecule has 2 fully saturated rings.